The summed E-state index contributed by atoms with van der Waals surface area (Å²) >= 11 is 11.7. The number of aryl methyl sites for hydroxylation is 3. The Kier molecular flexibility index (Phi) is 4.04. The molecule has 0 N–H and O–H groups in total. The van der Waals surface area contributed by atoms with Crippen LogP contribution in [0.1, 0.15) is 16.7 Å². The number of hydrogen-bond acceptors (Lipinski definition) is 3. The summed E-state index contributed by atoms with van der Waals surface area (Å²) in [5.74, 6) is -0.150. The molecule has 1 aromatic rings. The Balaban J connectivity index is 2.10. The highest BCUT2D eigenvalue weighted by Gasteiger charge is 2.65. The topological polar surface area (TPSA) is 18.8 Å². The predicted molar refractivity (Wildman–Crippen MR) is 90.7 cm³/mol. The van der Waals surface area contributed by atoms with Crippen LogP contribution in [0.4, 0.5) is 18.9 Å². The van der Waals surface area contributed by atoms with Crippen molar-refractivity contribution in [1.29, 1.82) is 0 Å². The number of halogens is 5. The lowest BCUT2D eigenvalue weighted by Crippen LogP contribution is -2.51. The van der Waals surface area contributed by atoms with Gasteiger partial charge in [-0.15, -0.1) is 11.6 Å². The SMILES string of the molecule is Cc1cc(C)c(N2C=CN3C2=NC(Cl)(C(F)(F)F)C3CCl)c(C)c1. The van der Waals surface area contributed by atoms with Crippen LogP contribution in [0.2, 0.25) is 0 Å². The molecule has 0 aromatic heterocycles. The second-order valence-corrected chi connectivity index (χ2v) is 6.96. The number of fused-ring (bicyclic) bond motifs is 1. The molecule has 2 unspecified atom stereocenters. The Labute approximate surface area is 148 Å². The van der Waals surface area contributed by atoms with Gasteiger partial charge in [-0.25, -0.2) is 4.99 Å². The van der Waals surface area contributed by atoms with Gasteiger partial charge in [0.1, 0.15) is 0 Å². The van der Waals surface area contributed by atoms with E-state index in [0.29, 0.717) is 0 Å². The molecule has 8 heteroatoms. The molecular formula is C16H16Cl2F3N3. The lowest BCUT2D eigenvalue weighted by Gasteiger charge is -2.30. The van der Waals surface area contributed by atoms with E-state index in [0.717, 1.165) is 22.4 Å². The molecule has 24 heavy (non-hydrogen) atoms. The molecule has 2 aliphatic rings. The van der Waals surface area contributed by atoms with E-state index in [4.69, 9.17) is 23.2 Å². The number of nitrogens with zero attached hydrogens (tertiary/aromatic N) is 3. The van der Waals surface area contributed by atoms with Crippen LogP contribution in [0.5, 0.6) is 0 Å². The average molecular weight is 378 g/mol. The Morgan fingerprint density at radius 2 is 1.75 bits per heavy atom. The molecule has 0 aliphatic carbocycles. The summed E-state index contributed by atoms with van der Waals surface area (Å²) in [6.45, 7) is 5.80. The summed E-state index contributed by atoms with van der Waals surface area (Å²) in [6, 6.07) is 2.76. The third-order valence-electron chi connectivity index (χ3n) is 4.28. The van der Waals surface area contributed by atoms with Gasteiger partial charge < -0.3 is 4.90 Å². The maximum absolute atomic E-state index is 13.5. The van der Waals surface area contributed by atoms with Crippen LogP contribution in [0.15, 0.2) is 29.5 Å². The minimum absolute atomic E-state index is 0.142. The van der Waals surface area contributed by atoms with Gasteiger partial charge in [0.15, 0.2) is 0 Å². The van der Waals surface area contributed by atoms with Gasteiger partial charge in [0.05, 0.1) is 11.7 Å². The zero-order valence-electron chi connectivity index (χ0n) is 13.3. The van der Waals surface area contributed by atoms with Crippen LogP contribution in [-0.2, 0) is 0 Å². The molecule has 130 valence electrons. The molecule has 1 aromatic carbocycles. The van der Waals surface area contributed by atoms with Gasteiger partial charge in [-0.3, -0.25) is 4.90 Å². The van der Waals surface area contributed by atoms with Crippen molar-refractivity contribution in [2.75, 3.05) is 10.8 Å². The van der Waals surface area contributed by atoms with Crippen molar-refractivity contribution in [1.82, 2.24) is 4.90 Å². The van der Waals surface area contributed by atoms with Crippen molar-refractivity contribution in [3.8, 4) is 0 Å². The maximum Gasteiger partial charge on any atom is 0.429 e. The van der Waals surface area contributed by atoms with E-state index in [2.05, 4.69) is 4.99 Å². The first kappa shape index (κ1) is 17.4. The lowest BCUT2D eigenvalue weighted by atomic mass is 10.0. The molecule has 0 amide bonds. The number of guanidine groups is 1. The number of anilines is 1. The fourth-order valence-corrected chi connectivity index (χ4v) is 4.02. The summed E-state index contributed by atoms with van der Waals surface area (Å²) < 4.78 is 40.4. The zero-order valence-corrected chi connectivity index (χ0v) is 14.8. The summed E-state index contributed by atoms with van der Waals surface area (Å²) in [7, 11) is 0. The van der Waals surface area contributed by atoms with Gasteiger partial charge in [-0.05, 0) is 31.9 Å². The van der Waals surface area contributed by atoms with Gasteiger partial charge in [0.2, 0.25) is 5.96 Å². The van der Waals surface area contributed by atoms with Gasteiger partial charge >= 0.3 is 6.18 Å². The molecule has 0 saturated heterocycles. The highest BCUT2D eigenvalue weighted by atomic mass is 35.5. The van der Waals surface area contributed by atoms with Gasteiger partial charge in [-0.1, -0.05) is 29.3 Å². The van der Waals surface area contributed by atoms with E-state index in [9.17, 15) is 13.2 Å². The summed E-state index contributed by atoms with van der Waals surface area (Å²) in [5.41, 5.74) is 3.78. The van der Waals surface area contributed by atoms with E-state index >= 15 is 0 Å². The quantitative estimate of drug-likeness (QED) is 0.550. The molecule has 0 spiro atoms. The van der Waals surface area contributed by atoms with E-state index in [1.54, 1.807) is 17.3 Å². The summed E-state index contributed by atoms with van der Waals surface area (Å²) in [5, 5.41) is 0. The second kappa shape index (κ2) is 5.56. The fourth-order valence-electron chi connectivity index (χ4n) is 3.31. The maximum atomic E-state index is 13.5. The highest BCUT2D eigenvalue weighted by Crippen LogP contribution is 2.48. The van der Waals surface area contributed by atoms with Gasteiger partial charge in [0, 0.05) is 18.3 Å². The third-order valence-corrected chi connectivity index (χ3v) is 5.13. The van der Waals surface area contributed by atoms with Crippen molar-refractivity contribution in [2.45, 2.75) is 38.0 Å². The lowest BCUT2D eigenvalue weighted by molar-refractivity contribution is -0.165. The first-order valence-electron chi connectivity index (χ1n) is 7.35. The van der Waals surface area contributed by atoms with Crippen molar-refractivity contribution < 1.29 is 13.2 Å². The first-order chi connectivity index (χ1) is 11.1. The normalized spacial score (nSPS) is 26.2. The van der Waals surface area contributed by atoms with Crippen molar-refractivity contribution in [2.24, 2.45) is 4.99 Å². The van der Waals surface area contributed by atoms with Crippen LogP contribution >= 0.6 is 23.2 Å². The molecule has 2 heterocycles. The van der Waals surface area contributed by atoms with E-state index in [-0.39, 0.29) is 11.8 Å². The van der Waals surface area contributed by atoms with Gasteiger partial charge in [-0.2, -0.15) is 13.2 Å². The van der Waals surface area contributed by atoms with E-state index < -0.39 is 17.2 Å². The van der Waals surface area contributed by atoms with Crippen molar-refractivity contribution >= 4 is 34.8 Å². The molecular weight excluding hydrogens is 362 g/mol. The monoisotopic (exact) mass is 377 g/mol. The van der Waals surface area contributed by atoms with Crippen LogP contribution in [-0.4, -0.2) is 34.0 Å². The van der Waals surface area contributed by atoms with Crippen molar-refractivity contribution in [3.63, 3.8) is 0 Å². The van der Waals surface area contributed by atoms with Crippen molar-refractivity contribution in [3.05, 3.63) is 41.2 Å². The number of alkyl halides is 5. The minimum Gasteiger partial charge on any atom is -0.309 e. The molecule has 0 saturated carbocycles. The Morgan fingerprint density at radius 1 is 1.17 bits per heavy atom. The number of aliphatic imine (C=N–C) groups is 1. The minimum atomic E-state index is -4.71. The van der Waals surface area contributed by atoms with E-state index in [1.807, 2.05) is 32.9 Å². The third kappa shape index (κ3) is 2.39. The van der Waals surface area contributed by atoms with Crippen LogP contribution < -0.4 is 4.90 Å². The van der Waals surface area contributed by atoms with Gasteiger partial charge in [0.25, 0.3) is 5.00 Å². The Morgan fingerprint density at radius 3 is 2.25 bits per heavy atom. The first-order valence-corrected chi connectivity index (χ1v) is 8.26. The number of benzene rings is 1. The van der Waals surface area contributed by atoms with Crippen LogP contribution in [0, 0.1) is 20.8 Å². The Hall–Kier alpha value is -1.40. The molecule has 2 aliphatic heterocycles. The second-order valence-electron chi connectivity index (χ2n) is 6.08. The Bertz CT molecular complexity index is 722. The standard InChI is InChI=1S/C16H16Cl2F3N3/c1-9-6-10(2)13(11(3)7-9)24-5-4-23-12(8-17)15(18,16(19,20)21)22-14(23)24/h4-7,12H,8H2,1-3H3. The molecule has 2 atom stereocenters. The fraction of sp³-hybridized carbons (Fsp3) is 0.438. The molecule has 3 nitrogen and oxygen atoms in total. The number of rotatable bonds is 2. The molecule has 0 radical (unpaired) electrons. The van der Waals surface area contributed by atoms with E-state index in [1.165, 1.54) is 4.90 Å². The number of hydrogen-bond donors (Lipinski definition) is 0. The molecule has 0 bridgehead atoms. The largest absolute Gasteiger partial charge is 0.429 e. The van der Waals surface area contributed by atoms with Crippen LogP contribution in [0.3, 0.4) is 0 Å². The smallest absolute Gasteiger partial charge is 0.309 e. The average Bonchev–Trinajstić information content (AvgIpc) is 2.94. The highest BCUT2D eigenvalue weighted by molar-refractivity contribution is 6.28. The van der Waals surface area contributed by atoms with Crippen LogP contribution in [0.25, 0.3) is 0 Å². The predicted octanol–water partition coefficient (Wildman–Crippen LogP) is 4.68. The molecule has 0 fully saturated rings. The summed E-state index contributed by atoms with van der Waals surface area (Å²) in [6.07, 6.45) is -1.47. The summed E-state index contributed by atoms with van der Waals surface area (Å²) in [4.78, 5) is 4.11. The zero-order chi connectivity index (χ0) is 17.9. The molecule has 3 rings (SSSR count).